The molecular formula is C27H44Cl2N2O4. The van der Waals surface area contributed by atoms with Crippen LogP contribution in [0.15, 0.2) is 48.5 Å². The number of rotatable bonds is 4. The van der Waals surface area contributed by atoms with Gasteiger partial charge in [-0.2, -0.15) is 0 Å². The fourth-order valence-corrected chi connectivity index (χ4v) is 3.14. The molecule has 0 spiro atoms. The largest absolute Gasteiger partial charge is 0.497 e. The van der Waals surface area contributed by atoms with Gasteiger partial charge in [-0.1, -0.05) is 63.9 Å². The molecule has 2 aromatic rings. The van der Waals surface area contributed by atoms with E-state index >= 15 is 0 Å². The molecule has 1 aliphatic heterocycles. The van der Waals surface area contributed by atoms with Gasteiger partial charge in [0.2, 0.25) is 5.91 Å². The molecule has 1 N–H and O–H groups in total. The number of hydrogen-bond acceptors (Lipinski definition) is 5. The summed E-state index contributed by atoms with van der Waals surface area (Å²) in [5.74, 6) is 1.04. The highest BCUT2D eigenvalue weighted by atomic mass is 35.5. The van der Waals surface area contributed by atoms with Crippen LogP contribution in [-0.2, 0) is 9.53 Å². The molecule has 2 aromatic carbocycles. The van der Waals surface area contributed by atoms with Gasteiger partial charge < -0.3 is 24.4 Å². The van der Waals surface area contributed by atoms with Crippen LogP contribution < -0.4 is 9.64 Å². The first-order chi connectivity index (χ1) is 16.8. The quantitative estimate of drug-likeness (QED) is 0.441. The Morgan fingerprint density at radius 1 is 0.943 bits per heavy atom. The van der Waals surface area contributed by atoms with Gasteiger partial charge >= 0.3 is 0 Å². The van der Waals surface area contributed by atoms with Crippen molar-refractivity contribution in [2.75, 3.05) is 45.3 Å². The standard InChI is InChI=1S/C13H18N2O2.C6H4Cl2.C4H10O2.2C2H6/c1-11(16)14-7-9-15(10-8-14)12-3-5-13(17-2)6-4-12;7-5-2-1-3-6(8)4-5;1-3-4(5)6-2;2*1-2/h3-6H,7-10H2,1-2H3;1-4H;4-5H,3H2,1-2H3;2*1-2H3. The number of aliphatic hydroxyl groups is 1. The Balaban J connectivity index is 0. The van der Waals surface area contributed by atoms with Gasteiger partial charge in [0.15, 0.2) is 6.29 Å². The fraction of sp³-hybridized carbons (Fsp3) is 0.519. The topological polar surface area (TPSA) is 62.2 Å². The minimum Gasteiger partial charge on any atom is -0.497 e. The molecule has 35 heavy (non-hydrogen) atoms. The average Bonchev–Trinajstić information content (AvgIpc) is 2.91. The van der Waals surface area contributed by atoms with Crippen molar-refractivity contribution in [2.45, 2.75) is 54.3 Å². The number of methoxy groups -OCH3 is 2. The second-order valence-electron chi connectivity index (χ2n) is 6.73. The Kier molecular flexibility index (Phi) is 22.6. The molecule has 8 heteroatoms. The second-order valence-corrected chi connectivity index (χ2v) is 7.60. The van der Waals surface area contributed by atoms with E-state index in [0.29, 0.717) is 16.5 Å². The molecule has 1 atom stereocenters. The highest BCUT2D eigenvalue weighted by Gasteiger charge is 2.18. The lowest BCUT2D eigenvalue weighted by molar-refractivity contribution is -0.129. The van der Waals surface area contributed by atoms with Gasteiger partial charge in [-0.05, 0) is 48.9 Å². The summed E-state index contributed by atoms with van der Waals surface area (Å²) in [5.41, 5.74) is 1.19. The maximum atomic E-state index is 11.2. The molecule has 1 unspecified atom stereocenters. The van der Waals surface area contributed by atoms with Crippen LogP contribution in [0.2, 0.25) is 10.0 Å². The van der Waals surface area contributed by atoms with Crippen LogP contribution >= 0.6 is 23.2 Å². The minimum atomic E-state index is -0.565. The summed E-state index contributed by atoms with van der Waals surface area (Å²) in [6, 6.07) is 15.1. The summed E-state index contributed by atoms with van der Waals surface area (Å²) in [6.45, 7) is 14.9. The smallest absolute Gasteiger partial charge is 0.219 e. The van der Waals surface area contributed by atoms with Crippen molar-refractivity contribution in [1.29, 1.82) is 0 Å². The normalized spacial score (nSPS) is 12.7. The molecule has 3 rings (SSSR count). The number of halogens is 2. The third-order valence-corrected chi connectivity index (χ3v) is 5.04. The van der Waals surface area contributed by atoms with Crippen LogP contribution in [0.25, 0.3) is 0 Å². The lowest BCUT2D eigenvalue weighted by Crippen LogP contribution is -2.48. The van der Waals surface area contributed by atoms with E-state index < -0.39 is 6.29 Å². The molecule has 1 heterocycles. The van der Waals surface area contributed by atoms with Crippen molar-refractivity contribution in [3.05, 3.63) is 58.6 Å². The zero-order valence-electron chi connectivity index (χ0n) is 22.6. The molecule has 0 radical (unpaired) electrons. The molecule has 200 valence electrons. The van der Waals surface area contributed by atoms with E-state index in [1.165, 1.54) is 12.8 Å². The van der Waals surface area contributed by atoms with Crippen LogP contribution in [0.4, 0.5) is 5.69 Å². The third-order valence-electron chi connectivity index (χ3n) is 4.57. The third kappa shape index (κ3) is 16.3. The number of nitrogens with zero attached hydrogens (tertiary/aromatic N) is 2. The van der Waals surface area contributed by atoms with E-state index in [2.05, 4.69) is 21.8 Å². The summed E-state index contributed by atoms with van der Waals surface area (Å²) in [6.07, 6.45) is 0.0984. The Bertz CT molecular complexity index is 747. The number of carbonyl (C=O) groups is 1. The molecule has 0 bridgehead atoms. The predicted octanol–water partition coefficient (Wildman–Crippen LogP) is 6.77. The summed E-state index contributed by atoms with van der Waals surface area (Å²) in [7, 11) is 3.15. The number of ether oxygens (including phenoxy) is 2. The molecule has 0 aliphatic carbocycles. The number of piperazine rings is 1. The van der Waals surface area contributed by atoms with Gasteiger partial charge in [0.25, 0.3) is 0 Å². The number of aliphatic hydroxyl groups excluding tert-OH is 1. The molecule has 0 aromatic heterocycles. The van der Waals surface area contributed by atoms with Crippen LogP contribution in [0.1, 0.15) is 48.0 Å². The zero-order valence-corrected chi connectivity index (χ0v) is 24.1. The number of carbonyl (C=O) groups excluding carboxylic acids is 1. The maximum absolute atomic E-state index is 11.2. The van der Waals surface area contributed by atoms with Crippen molar-refractivity contribution in [1.82, 2.24) is 4.90 Å². The number of hydrogen-bond donors (Lipinski definition) is 1. The molecular weight excluding hydrogens is 487 g/mol. The van der Waals surface area contributed by atoms with Crippen LogP contribution in [0, 0.1) is 0 Å². The van der Waals surface area contributed by atoms with Crippen molar-refractivity contribution in [3.8, 4) is 5.75 Å². The van der Waals surface area contributed by atoms with Crippen LogP contribution in [0.3, 0.4) is 0 Å². The molecule has 0 saturated carbocycles. The van der Waals surface area contributed by atoms with Crippen molar-refractivity contribution >= 4 is 34.8 Å². The predicted molar refractivity (Wildman–Crippen MR) is 150 cm³/mol. The Hall–Kier alpha value is -1.99. The lowest BCUT2D eigenvalue weighted by atomic mass is 10.2. The lowest BCUT2D eigenvalue weighted by Gasteiger charge is -2.35. The van der Waals surface area contributed by atoms with Gasteiger partial charge in [0, 0.05) is 55.9 Å². The first kappa shape index (κ1) is 35.2. The van der Waals surface area contributed by atoms with E-state index in [-0.39, 0.29) is 5.91 Å². The van der Waals surface area contributed by atoms with Crippen molar-refractivity contribution in [3.63, 3.8) is 0 Å². The van der Waals surface area contributed by atoms with Gasteiger partial charge in [-0.15, -0.1) is 0 Å². The van der Waals surface area contributed by atoms with Gasteiger partial charge in [0.1, 0.15) is 5.75 Å². The van der Waals surface area contributed by atoms with E-state index in [0.717, 1.165) is 31.9 Å². The fourth-order valence-electron chi connectivity index (χ4n) is 2.70. The highest BCUT2D eigenvalue weighted by molar-refractivity contribution is 6.34. The Morgan fingerprint density at radius 2 is 1.43 bits per heavy atom. The Labute approximate surface area is 222 Å². The highest BCUT2D eigenvalue weighted by Crippen LogP contribution is 2.20. The number of benzene rings is 2. The van der Waals surface area contributed by atoms with Gasteiger partial charge in [0.05, 0.1) is 7.11 Å². The number of amides is 1. The van der Waals surface area contributed by atoms with Crippen molar-refractivity contribution in [2.24, 2.45) is 0 Å². The summed E-state index contributed by atoms with van der Waals surface area (Å²) >= 11 is 11.1. The first-order valence-corrected chi connectivity index (χ1v) is 12.8. The Morgan fingerprint density at radius 3 is 1.71 bits per heavy atom. The maximum Gasteiger partial charge on any atom is 0.219 e. The number of anilines is 1. The molecule has 6 nitrogen and oxygen atoms in total. The van der Waals surface area contributed by atoms with E-state index in [1.54, 1.807) is 32.2 Å². The summed E-state index contributed by atoms with van der Waals surface area (Å²) < 4.78 is 9.59. The molecule has 1 saturated heterocycles. The minimum absolute atomic E-state index is 0.166. The second kappa shape index (κ2) is 22.5. The van der Waals surface area contributed by atoms with Crippen molar-refractivity contribution < 1.29 is 19.4 Å². The van der Waals surface area contributed by atoms with E-state index in [4.69, 9.17) is 33.0 Å². The van der Waals surface area contributed by atoms with Crippen LogP contribution in [0.5, 0.6) is 5.75 Å². The van der Waals surface area contributed by atoms with Gasteiger partial charge in [-0.25, -0.2) is 0 Å². The SMILES string of the molecule is CC.CC.CCC(O)OC.COc1ccc(N2CCN(C(C)=O)CC2)cc1.Clc1cccc(Cl)c1. The van der Waals surface area contributed by atoms with E-state index in [9.17, 15) is 4.79 Å². The molecule has 1 aliphatic rings. The van der Waals surface area contributed by atoms with Crippen LogP contribution in [-0.4, -0.2) is 62.6 Å². The first-order valence-electron chi connectivity index (χ1n) is 12.1. The average molecular weight is 532 g/mol. The monoisotopic (exact) mass is 530 g/mol. The van der Waals surface area contributed by atoms with E-state index in [1.807, 2.05) is 57.7 Å². The summed E-state index contributed by atoms with van der Waals surface area (Å²) in [4.78, 5) is 15.4. The van der Waals surface area contributed by atoms with Gasteiger partial charge in [-0.3, -0.25) is 4.79 Å². The zero-order chi connectivity index (χ0) is 27.2. The summed E-state index contributed by atoms with van der Waals surface area (Å²) in [5, 5.41) is 9.80. The molecule has 1 amide bonds. The molecule has 1 fully saturated rings.